The van der Waals surface area contributed by atoms with Crippen LogP contribution >= 0.6 is 0 Å². The normalized spacial score (nSPS) is 23.3. The summed E-state index contributed by atoms with van der Waals surface area (Å²) in [7, 11) is 0. The first kappa shape index (κ1) is 18.4. The van der Waals surface area contributed by atoms with Gasteiger partial charge in [0.15, 0.2) is 0 Å². The molecule has 1 aromatic carbocycles. The largest absolute Gasteiger partial charge is 0.352 e. The van der Waals surface area contributed by atoms with Crippen molar-refractivity contribution in [2.75, 3.05) is 26.2 Å². The molecule has 0 aromatic heterocycles. The summed E-state index contributed by atoms with van der Waals surface area (Å²) in [6.07, 6.45) is 12.9. The minimum absolute atomic E-state index is 0.352. The van der Waals surface area contributed by atoms with Crippen molar-refractivity contribution < 1.29 is 0 Å². The number of benzene rings is 1. The fourth-order valence-corrected chi connectivity index (χ4v) is 4.78. The summed E-state index contributed by atoms with van der Waals surface area (Å²) in [4.78, 5) is 7.69. The molecule has 0 bridgehead atoms. The van der Waals surface area contributed by atoms with Crippen molar-refractivity contribution in [2.45, 2.75) is 52.2 Å². The van der Waals surface area contributed by atoms with Gasteiger partial charge in [0.1, 0.15) is 6.17 Å². The van der Waals surface area contributed by atoms with Crippen LogP contribution < -0.4 is 0 Å². The second kappa shape index (κ2) is 7.93. The van der Waals surface area contributed by atoms with E-state index in [1.54, 1.807) is 11.1 Å². The highest BCUT2D eigenvalue weighted by Crippen LogP contribution is 2.39. The van der Waals surface area contributed by atoms with Crippen molar-refractivity contribution in [3.05, 3.63) is 65.5 Å². The van der Waals surface area contributed by atoms with Gasteiger partial charge in [-0.05, 0) is 51.2 Å². The van der Waals surface area contributed by atoms with Crippen LogP contribution in [0.5, 0.6) is 0 Å². The van der Waals surface area contributed by atoms with Gasteiger partial charge in [0.2, 0.25) is 0 Å². The van der Waals surface area contributed by atoms with Crippen LogP contribution in [0.3, 0.4) is 0 Å². The molecular formula is C24H33N3. The van der Waals surface area contributed by atoms with Crippen LogP contribution in [-0.4, -0.2) is 53.1 Å². The molecule has 0 amide bonds. The third kappa shape index (κ3) is 3.58. The number of likely N-dealkylation sites (tertiary alicyclic amines) is 1. The van der Waals surface area contributed by atoms with Crippen LogP contribution in [-0.2, 0) is 6.42 Å². The molecule has 144 valence electrons. The van der Waals surface area contributed by atoms with Crippen molar-refractivity contribution in [3.63, 3.8) is 0 Å². The molecule has 1 saturated heterocycles. The lowest BCUT2D eigenvalue weighted by Gasteiger charge is -2.37. The first-order chi connectivity index (χ1) is 13.2. The minimum Gasteiger partial charge on any atom is -0.352 e. The van der Waals surface area contributed by atoms with Crippen LogP contribution in [0.1, 0.15) is 44.7 Å². The number of hydrogen-bond acceptors (Lipinski definition) is 3. The van der Waals surface area contributed by atoms with Gasteiger partial charge in [0.25, 0.3) is 0 Å². The van der Waals surface area contributed by atoms with E-state index in [-0.39, 0.29) is 0 Å². The van der Waals surface area contributed by atoms with E-state index in [2.05, 4.69) is 84.3 Å². The smallest absolute Gasteiger partial charge is 0.128 e. The van der Waals surface area contributed by atoms with E-state index in [1.165, 1.54) is 37.1 Å². The molecule has 3 heterocycles. The van der Waals surface area contributed by atoms with Gasteiger partial charge >= 0.3 is 0 Å². The lowest BCUT2D eigenvalue weighted by Crippen LogP contribution is -2.41. The highest BCUT2D eigenvalue weighted by atomic mass is 15.4. The maximum absolute atomic E-state index is 2.62. The van der Waals surface area contributed by atoms with E-state index >= 15 is 0 Å². The Bertz CT molecular complexity index is 749. The van der Waals surface area contributed by atoms with Gasteiger partial charge in [0, 0.05) is 50.2 Å². The van der Waals surface area contributed by atoms with Crippen LogP contribution in [0, 0.1) is 0 Å². The second-order valence-electron chi connectivity index (χ2n) is 8.23. The number of rotatable bonds is 3. The Morgan fingerprint density at radius 3 is 2.56 bits per heavy atom. The number of fused-ring (bicyclic) bond motifs is 2. The van der Waals surface area contributed by atoms with Gasteiger partial charge in [0.05, 0.1) is 0 Å². The third-order valence-electron chi connectivity index (χ3n) is 6.35. The molecule has 3 aliphatic heterocycles. The first-order valence-electron chi connectivity index (χ1n) is 10.5. The zero-order valence-electron chi connectivity index (χ0n) is 17.1. The van der Waals surface area contributed by atoms with Crippen molar-refractivity contribution in [1.82, 2.24) is 14.7 Å². The molecule has 1 atom stereocenters. The van der Waals surface area contributed by atoms with Crippen LogP contribution in [0.25, 0.3) is 5.57 Å². The standard InChI is InChI=1S/C24H33N3/c1-4-5-13-26-17-18-27-16-10-20-8-6-7-9-22(20)23(24(26)27)21-11-14-25(15-12-21)19(2)3/h4-9,17-19,24H,10-16H2,1-3H3/b5-4-. The minimum atomic E-state index is 0.352. The molecule has 0 saturated carbocycles. The van der Waals surface area contributed by atoms with Crippen LogP contribution in [0.4, 0.5) is 0 Å². The molecule has 1 aromatic rings. The number of nitrogens with zero attached hydrogens (tertiary/aromatic N) is 3. The zero-order chi connectivity index (χ0) is 18.8. The Hall–Kier alpha value is -2.00. The van der Waals surface area contributed by atoms with E-state index in [0.717, 1.165) is 19.5 Å². The molecule has 0 aliphatic carbocycles. The fourth-order valence-electron chi connectivity index (χ4n) is 4.78. The molecule has 4 rings (SSSR count). The Morgan fingerprint density at radius 2 is 1.81 bits per heavy atom. The van der Waals surface area contributed by atoms with E-state index in [1.807, 2.05) is 0 Å². The van der Waals surface area contributed by atoms with Crippen LogP contribution in [0.15, 0.2) is 54.4 Å². The molecule has 27 heavy (non-hydrogen) atoms. The second-order valence-corrected chi connectivity index (χ2v) is 8.23. The third-order valence-corrected chi connectivity index (χ3v) is 6.35. The summed E-state index contributed by atoms with van der Waals surface area (Å²) in [6, 6.07) is 9.76. The average Bonchev–Trinajstić information content (AvgIpc) is 3.00. The molecule has 3 aliphatic rings. The summed E-state index contributed by atoms with van der Waals surface area (Å²) in [5.74, 6) is 0. The van der Waals surface area contributed by atoms with Gasteiger partial charge in [-0.1, -0.05) is 42.0 Å². The van der Waals surface area contributed by atoms with Crippen molar-refractivity contribution in [2.24, 2.45) is 0 Å². The maximum atomic E-state index is 2.62. The average molecular weight is 364 g/mol. The molecule has 0 spiro atoms. The summed E-state index contributed by atoms with van der Waals surface area (Å²) in [6.45, 7) is 11.2. The number of allylic oxidation sites excluding steroid dienone is 1. The highest BCUT2D eigenvalue weighted by Gasteiger charge is 2.35. The predicted octanol–water partition coefficient (Wildman–Crippen LogP) is 4.49. The van der Waals surface area contributed by atoms with E-state index in [9.17, 15) is 0 Å². The lowest BCUT2D eigenvalue weighted by atomic mass is 9.88. The Labute approximate surface area is 164 Å². The lowest BCUT2D eigenvalue weighted by molar-refractivity contribution is 0.201. The van der Waals surface area contributed by atoms with Crippen molar-refractivity contribution in [1.29, 1.82) is 0 Å². The molecular weight excluding hydrogens is 330 g/mol. The molecule has 3 heteroatoms. The van der Waals surface area contributed by atoms with Gasteiger partial charge in [-0.15, -0.1) is 0 Å². The number of piperidine rings is 1. The molecule has 0 radical (unpaired) electrons. The summed E-state index contributed by atoms with van der Waals surface area (Å²) < 4.78 is 0. The van der Waals surface area contributed by atoms with E-state index < -0.39 is 0 Å². The van der Waals surface area contributed by atoms with Gasteiger partial charge in [-0.3, -0.25) is 0 Å². The molecule has 3 nitrogen and oxygen atoms in total. The Balaban J connectivity index is 1.75. The predicted molar refractivity (Wildman–Crippen MR) is 114 cm³/mol. The van der Waals surface area contributed by atoms with Crippen LogP contribution in [0.2, 0.25) is 0 Å². The molecule has 0 N–H and O–H groups in total. The van der Waals surface area contributed by atoms with E-state index in [0.29, 0.717) is 12.2 Å². The van der Waals surface area contributed by atoms with Gasteiger partial charge in [-0.25, -0.2) is 0 Å². The molecule has 1 fully saturated rings. The molecule has 1 unspecified atom stereocenters. The summed E-state index contributed by atoms with van der Waals surface area (Å²) >= 11 is 0. The highest BCUT2D eigenvalue weighted by molar-refractivity contribution is 5.76. The van der Waals surface area contributed by atoms with Crippen molar-refractivity contribution in [3.8, 4) is 0 Å². The topological polar surface area (TPSA) is 9.72 Å². The Morgan fingerprint density at radius 1 is 1.04 bits per heavy atom. The van der Waals surface area contributed by atoms with Gasteiger partial charge in [-0.2, -0.15) is 0 Å². The Kier molecular flexibility index (Phi) is 5.40. The van der Waals surface area contributed by atoms with Crippen molar-refractivity contribution >= 4 is 5.57 Å². The number of hydrogen-bond donors (Lipinski definition) is 0. The summed E-state index contributed by atoms with van der Waals surface area (Å²) in [5.41, 5.74) is 6.26. The SMILES string of the molecule is C/C=C\CN1C=CN2CCc3ccccc3C(=C3CCN(C(C)C)CC3)C12. The van der Waals surface area contributed by atoms with E-state index in [4.69, 9.17) is 0 Å². The monoisotopic (exact) mass is 363 g/mol. The quantitative estimate of drug-likeness (QED) is 0.733. The first-order valence-corrected chi connectivity index (χ1v) is 10.5. The fraction of sp³-hybridized carbons (Fsp3) is 0.500. The zero-order valence-corrected chi connectivity index (χ0v) is 17.1. The van der Waals surface area contributed by atoms with Gasteiger partial charge < -0.3 is 14.7 Å². The summed E-state index contributed by atoms with van der Waals surface area (Å²) in [5, 5.41) is 0. The maximum Gasteiger partial charge on any atom is 0.128 e.